The van der Waals surface area contributed by atoms with Gasteiger partial charge >= 0.3 is 0 Å². The van der Waals surface area contributed by atoms with Crippen LogP contribution in [0, 0.1) is 0 Å². The van der Waals surface area contributed by atoms with Crippen LogP contribution in [-0.2, 0) is 16.6 Å². The number of piperidine rings is 1. The summed E-state index contributed by atoms with van der Waals surface area (Å²) in [6, 6.07) is 11.5. The predicted octanol–water partition coefficient (Wildman–Crippen LogP) is 1.88. The number of nitrogens with one attached hydrogen (secondary N) is 2. The largest absolute Gasteiger partial charge is 0.356 e. The molecule has 1 heterocycles. The first-order chi connectivity index (χ1) is 13.9. The first-order valence-electron chi connectivity index (χ1n) is 10.5. The minimum Gasteiger partial charge on any atom is -0.356 e. The topological polar surface area (TPSA) is 77.0 Å². The van der Waals surface area contributed by atoms with Crippen molar-refractivity contribution in [3.8, 4) is 0 Å². The van der Waals surface area contributed by atoms with Crippen LogP contribution in [-0.4, -0.2) is 75.1 Å². The molecule has 2 rings (SSSR count). The van der Waals surface area contributed by atoms with Gasteiger partial charge in [0.05, 0.1) is 5.75 Å². The molecule has 1 aliphatic heterocycles. The van der Waals surface area contributed by atoms with Gasteiger partial charge in [-0.05, 0) is 38.7 Å². The third-order valence-corrected chi connectivity index (χ3v) is 7.45. The Balaban J connectivity index is 1.72. The van der Waals surface area contributed by atoms with E-state index in [9.17, 15) is 8.42 Å². The average Bonchev–Trinajstić information content (AvgIpc) is 2.72. The Labute approximate surface area is 176 Å². The van der Waals surface area contributed by atoms with Gasteiger partial charge in [0, 0.05) is 52.4 Å². The van der Waals surface area contributed by atoms with Gasteiger partial charge in [0.25, 0.3) is 0 Å². The summed E-state index contributed by atoms with van der Waals surface area (Å²) >= 11 is 0. The smallest absolute Gasteiger partial charge is 0.213 e. The van der Waals surface area contributed by atoms with Crippen molar-refractivity contribution in [2.75, 3.05) is 39.5 Å². The maximum Gasteiger partial charge on any atom is 0.213 e. The Hall–Kier alpha value is -1.64. The summed E-state index contributed by atoms with van der Waals surface area (Å²) in [6.45, 7) is 7.21. The lowest BCUT2D eigenvalue weighted by molar-refractivity contribution is 0.134. The van der Waals surface area contributed by atoms with Gasteiger partial charge in [0.15, 0.2) is 5.96 Å². The van der Waals surface area contributed by atoms with Crippen LogP contribution in [0.3, 0.4) is 0 Å². The van der Waals surface area contributed by atoms with E-state index in [4.69, 9.17) is 0 Å². The maximum absolute atomic E-state index is 11.8. The number of sulfonamides is 1. The van der Waals surface area contributed by atoms with E-state index in [0.29, 0.717) is 25.2 Å². The molecule has 0 aliphatic carbocycles. The van der Waals surface area contributed by atoms with Crippen molar-refractivity contribution in [2.24, 2.45) is 4.99 Å². The van der Waals surface area contributed by atoms with Crippen LogP contribution in [0.2, 0.25) is 0 Å². The summed E-state index contributed by atoms with van der Waals surface area (Å²) in [5, 5.41) is 6.84. The Kier molecular flexibility index (Phi) is 9.39. The third-order valence-electron chi connectivity index (χ3n) is 5.59. The van der Waals surface area contributed by atoms with Crippen LogP contribution in [0.15, 0.2) is 35.3 Å². The molecule has 29 heavy (non-hydrogen) atoms. The molecule has 1 aromatic rings. The SMILES string of the molecule is CCS(=O)(=O)N(C)CCCNC(=NC)NC1CCN(Cc2ccccc2)C(C)C1. The Bertz CT molecular complexity index is 739. The van der Waals surface area contributed by atoms with Crippen LogP contribution in [0.25, 0.3) is 0 Å². The molecule has 1 saturated heterocycles. The van der Waals surface area contributed by atoms with Gasteiger partial charge in [-0.2, -0.15) is 0 Å². The van der Waals surface area contributed by atoms with Gasteiger partial charge in [-0.15, -0.1) is 0 Å². The number of nitrogens with zero attached hydrogens (tertiary/aromatic N) is 3. The number of likely N-dealkylation sites (tertiary alicyclic amines) is 1. The normalized spacial score (nSPS) is 21.3. The highest BCUT2D eigenvalue weighted by atomic mass is 32.2. The number of hydrogen-bond donors (Lipinski definition) is 2. The number of benzene rings is 1. The summed E-state index contributed by atoms with van der Waals surface area (Å²) in [5.74, 6) is 0.932. The number of guanidine groups is 1. The summed E-state index contributed by atoms with van der Waals surface area (Å²) in [6.07, 6.45) is 2.89. The van der Waals surface area contributed by atoms with E-state index in [1.807, 2.05) is 0 Å². The lowest BCUT2D eigenvalue weighted by Gasteiger charge is -2.38. The fourth-order valence-electron chi connectivity index (χ4n) is 3.66. The quantitative estimate of drug-likeness (QED) is 0.360. The fraction of sp³-hybridized carbons (Fsp3) is 0.667. The van der Waals surface area contributed by atoms with Crippen molar-refractivity contribution < 1.29 is 8.42 Å². The van der Waals surface area contributed by atoms with Gasteiger partial charge in [-0.3, -0.25) is 9.89 Å². The second kappa shape index (κ2) is 11.5. The molecule has 2 N–H and O–H groups in total. The summed E-state index contributed by atoms with van der Waals surface area (Å²) in [4.78, 5) is 6.86. The van der Waals surface area contributed by atoms with Gasteiger partial charge in [0.2, 0.25) is 10.0 Å². The number of hydrogen-bond acceptors (Lipinski definition) is 4. The van der Waals surface area contributed by atoms with E-state index in [2.05, 4.69) is 57.8 Å². The van der Waals surface area contributed by atoms with Crippen molar-refractivity contribution in [3.05, 3.63) is 35.9 Å². The van der Waals surface area contributed by atoms with E-state index in [-0.39, 0.29) is 5.75 Å². The second-order valence-electron chi connectivity index (χ2n) is 7.75. The summed E-state index contributed by atoms with van der Waals surface area (Å²) in [7, 11) is 0.304. The van der Waals surface area contributed by atoms with Crippen molar-refractivity contribution in [1.29, 1.82) is 0 Å². The summed E-state index contributed by atoms with van der Waals surface area (Å²) < 4.78 is 25.0. The van der Waals surface area contributed by atoms with Crippen molar-refractivity contribution in [2.45, 2.75) is 51.7 Å². The standard InChI is InChI=1S/C21H37N5O2S/c1-5-29(27,28)25(4)14-9-13-23-21(22-3)24-20-12-15-26(18(2)16-20)17-19-10-7-6-8-11-19/h6-8,10-11,18,20H,5,9,12-17H2,1-4H3,(H2,22,23,24). The minimum absolute atomic E-state index is 0.140. The molecule has 0 bridgehead atoms. The average molecular weight is 424 g/mol. The summed E-state index contributed by atoms with van der Waals surface area (Å²) in [5.41, 5.74) is 1.36. The molecule has 1 aliphatic rings. The maximum atomic E-state index is 11.8. The molecule has 2 atom stereocenters. The molecule has 1 aromatic carbocycles. The number of aliphatic imine (C=N–C) groups is 1. The van der Waals surface area contributed by atoms with Gasteiger partial charge < -0.3 is 10.6 Å². The lowest BCUT2D eigenvalue weighted by Crippen LogP contribution is -2.51. The van der Waals surface area contributed by atoms with Crippen molar-refractivity contribution >= 4 is 16.0 Å². The highest BCUT2D eigenvalue weighted by molar-refractivity contribution is 7.89. The second-order valence-corrected chi connectivity index (χ2v) is 10.1. The highest BCUT2D eigenvalue weighted by Gasteiger charge is 2.26. The molecule has 2 unspecified atom stereocenters. The monoisotopic (exact) mass is 423 g/mol. The van der Waals surface area contributed by atoms with Crippen LogP contribution in [0.4, 0.5) is 0 Å². The molecule has 7 nitrogen and oxygen atoms in total. The van der Waals surface area contributed by atoms with Gasteiger partial charge in [0.1, 0.15) is 0 Å². The van der Waals surface area contributed by atoms with E-state index in [1.54, 1.807) is 21.0 Å². The van der Waals surface area contributed by atoms with E-state index >= 15 is 0 Å². The first-order valence-corrected chi connectivity index (χ1v) is 12.2. The van der Waals surface area contributed by atoms with Crippen molar-refractivity contribution in [3.63, 3.8) is 0 Å². The van der Waals surface area contributed by atoms with E-state index in [0.717, 1.165) is 38.3 Å². The molecular formula is C21H37N5O2S. The Morgan fingerprint density at radius 2 is 2.03 bits per heavy atom. The molecule has 0 spiro atoms. The molecule has 0 amide bonds. The van der Waals surface area contributed by atoms with Crippen LogP contribution >= 0.6 is 0 Å². The highest BCUT2D eigenvalue weighted by Crippen LogP contribution is 2.19. The zero-order chi connectivity index (χ0) is 21.3. The zero-order valence-corrected chi connectivity index (χ0v) is 19.1. The number of rotatable bonds is 9. The molecule has 1 fully saturated rings. The Morgan fingerprint density at radius 3 is 2.66 bits per heavy atom. The van der Waals surface area contributed by atoms with Gasteiger partial charge in [-0.1, -0.05) is 30.3 Å². The van der Waals surface area contributed by atoms with Crippen LogP contribution in [0.1, 0.15) is 38.7 Å². The third kappa shape index (κ3) is 7.60. The molecule has 8 heteroatoms. The minimum atomic E-state index is -3.11. The first kappa shape index (κ1) is 23.6. The molecule has 164 valence electrons. The van der Waals surface area contributed by atoms with Gasteiger partial charge in [-0.25, -0.2) is 12.7 Å². The Morgan fingerprint density at radius 1 is 1.31 bits per heavy atom. The lowest BCUT2D eigenvalue weighted by atomic mass is 9.97. The van der Waals surface area contributed by atoms with Crippen LogP contribution < -0.4 is 10.6 Å². The van der Waals surface area contributed by atoms with Crippen molar-refractivity contribution in [1.82, 2.24) is 19.8 Å². The van der Waals surface area contributed by atoms with E-state index < -0.39 is 10.0 Å². The molecule has 0 saturated carbocycles. The fourth-order valence-corrected chi connectivity index (χ4v) is 4.51. The molecular weight excluding hydrogens is 386 g/mol. The van der Waals surface area contributed by atoms with Crippen LogP contribution in [0.5, 0.6) is 0 Å². The van der Waals surface area contributed by atoms with E-state index in [1.165, 1.54) is 9.87 Å². The zero-order valence-electron chi connectivity index (χ0n) is 18.3. The predicted molar refractivity (Wildman–Crippen MR) is 121 cm³/mol. The molecule has 0 radical (unpaired) electrons. The molecule has 0 aromatic heterocycles.